The Morgan fingerprint density at radius 3 is 2.38 bits per heavy atom. The van der Waals surface area contributed by atoms with Crippen molar-refractivity contribution >= 4 is 23.2 Å². The van der Waals surface area contributed by atoms with Crippen LogP contribution in [0.5, 0.6) is 5.75 Å². The summed E-state index contributed by atoms with van der Waals surface area (Å²) in [4.78, 5) is 29.5. The summed E-state index contributed by atoms with van der Waals surface area (Å²) < 4.78 is 18.8. The Morgan fingerprint density at radius 2 is 1.76 bits per heavy atom. The van der Waals surface area contributed by atoms with E-state index in [0.29, 0.717) is 16.2 Å². The van der Waals surface area contributed by atoms with Gasteiger partial charge in [0.1, 0.15) is 17.6 Å². The molecule has 7 heteroatoms. The van der Waals surface area contributed by atoms with Crippen LogP contribution in [0.15, 0.2) is 66.0 Å². The summed E-state index contributed by atoms with van der Waals surface area (Å²) in [5.74, 6) is -0.116. The maximum absolute atomic E-state index is 13.7. The first-order valence-electron chi connectivity index (χ1n) is 11.6. The van der Waals surface area contributed by atoms with Gasteiger partial charge in [-0.25, -0.2) is 4.39 Å². The van der Waals surface area contributed by atoms with Gasteiger partial charge in [-0.05, 0) is 59.7 Å². The Bertz CT molecular complexity index is 1080. The van der Waals surface area contributed by atoms with Gasteiger partial charge < -0.3 is 15.0 Å². The van der Waals surface area contributed by atoms with Gasteiger partial charge in [-0.15, -0.1) is 11.3 Å². The van der Waals surface area contributed by atoms with Gasteiger partial charge in [0, 0.05) is 12.6 Å². The number of halogens is 1. The molecule has 1 fully saturated rings. The predicted molar refractivity (Wildman–Crippen MR) is 131 cm³/mol. The van der Waals surface area contributed by atoms with E-state index in [1.165, 1.54) is 29.9 Å². The number of thiophene rings is 1. The molecule has 0 aliphatic heterocycles. The fourth-order valence-electron chi connectivity index (χ4n) is 4.39. The summed E-state index contributed by atoms with van der Waals surface area (Å²) >= 11 is 1.34. The third-order valence-electron chi connectivity index (χ3n) is 6.20. The molecule has 2 aromatic carbocycles. The second-order valence-corrected chi connectivity index (χ2v) is 9.50. The molecule has 0 bridgehead atoms. The highest BCUT2D eigenvalue weighted by Crippen LogP contribution is 2.29. The standard InChI is InChI=1S/C27H29FN2O3S/c1-33-23-15-11-20(12-16-23)25(26(31)29-22-6-3-2-4-7-22)30(27(32)24-8-5-17-34-24)18-19-9-13-21(28)14-10-19/h5,8-17,22,25H,2-4,6-7,18H2,1H3,(H,29,31). The van der Waals surface area contributed by atoms with Gasteiger partial charge in [0.15, 0.2) is 0 Å². The molecule has 178 valence electrons. The summed E-state index contributed by atoms with van der Waals surface area (Å²) in [5, 5.41) is 5.04. The quantitative estimate of drug-likeness (QED) is 0.448. The Hall–Kier alpha value is -3.19. The molecule has 0 saturated heterocycles. The van der Waals surface area contributed by atoms with Crippen molar-refractivity contribution in [1.82, 2.24) is 10.2 Å². The molecular formula is C27H29FN2O3S. The zero-order valence-corrected chi connectivity index (χ0v) is 20.0. The highest BCUT2D eigenvalue weighted by Gasteiger charge is 2.34. The average Bonchev–Trinajstić information content (AvgIpc) is 3.41. The number of carbonyl (C=O) groups excluding carboxylic acids is 2. The van der Waals surface area contributed by atoms with Crippen LogP contribution in [0.25, 0.3) is 0 Å². The molecule has 3 aromatic rings. The molecule has 1 atom stereocenters. The zero-order chi connectivity index (χ0) is 23.9. The van der Waals surface area contributed by atoms with E-state index in [-0.39, 0.29) is 30.2 Å². The molecule has 34 heavy (non-hydrogen) atoms. The van der Waals surface area contributed by atoms with Crippen LogP contribution in [0.4, 0.5) is 4.39 Å². The maximum atomic E-state index is 13.7. The van der Waals surface area contributed by atoms with Gasteiger partial charge >= 0.3 is 0 Å². The van der Waals surface area contributed by atoms with Crippen molar-refractivity contribution in [3.63, 3.8) is 0 Å². The number of benzene rings is 2. The summed E-state index contributed by atoms with van der Waals surface area (Å²) in [6.45, 7) is 0.172. The number of hydrogen-bond acceptors (Lipinski definition) is 4. The van der Waals surface area contributed by atoms with Crippen molar-refractivity contribution < 1.29 is 18.7 Å². The molecule has 1 saturated carbocycles. The summed E-state index contributed by atoms with van der Waals surface area (Å²) in [6.07, 6.45) is 5.24. The molecule has 1 aliphatic rings. The molecule has 0 spiro atoms. The predicted octanol–water partition coefficient (Wildman–Crippen LogP) is 5.73. The van der Waals surface area contributed by atoms with Gasteiger partial charge in [0.25, 0.3) is 5.91 Å². The number of carbonyl (C=O) groups is 2. The van der Waals surface area contributed by atoms with Crippen molar-refractivity contribution in [2.24, 2.45) is 0 Å². The van der Waals surface area contributed by atoms with Crippen molar-refractivity contribution in [2.45, 2.75) is 50.7 Å². The number of ether oxygens (including phenoxy) is 1. The smallest absolute Gasteiger partial charge is 0.265 e. The lowest BCUT2D eigenvalue weighted by Crippen LogP contribution is -2.46. The van der Waals surface area contributed by atoms with Crippen LogP contribution < -0.4 is 10.1 Å². The SMILES string of the molecule is COc1ccc(C(C(=O)NC2CCCCC2)N(Cc2ccc(F)cc2)C(=O)c2cccs2)cc1. The Labute approximate surface area is 203 Å². The number of hydrogen-bond donors (Lipinski definition) is 1. The molecular weight excluding hydrogens is 451 g/mol. The van der Waals surface area contributed by atoms with E-state index in [2.05, 4.69) is 5.32 Å². The first-order chi connectivity index (χ1) is 16.5. The lowest BCUT2D eigenvalue weighted by Gasteiger charge is -2.33. The monoisotopic (exact) mass is 480 g/mol. The highest BCUT2D eigenvalue weighted by atomic mass is 32.1. The minimum atomic E-state index is -0.840. The van der Waals surface area contributed by atoms with E-state index in [9.17, 15) is 14.0 Å². The second-order valence-electron chi connectivity index (χ2n) is 8.56. The fraction of sp³-hybridized carbons (Fsp3) is 0.333. The van der Waals surface area contributed by atoms with E-state index >= 15 is 0 Å². The van der Waals surface area contributed by atoms with Gasteiger partial charge in [-0.2, -0.15) is 0 Å². The topological polar surface area (TPSA) is 58.6 Å². The summed E-state index contributed by atoms with van der Waals surface area (Å²) in [6, 6.07) is 16.1. The summed E-state index contributed by atoms with van der Waals surface area (Å²) in [7, 11) is 1.59. The van der Waals surface area contributed by atoms with Crippen LogP contribution in [0.1, 0.15) is 58.9 Å². The molecule has 1 aliphatic carbocycles. The number of rotatable bonds is 8. The second kappa shape index (κ2) is 11.3. The van der Waals surface area contributed by atoms with Gasteiger partial charge in [-0.1, -0.05) is 49.6 Å². The fourth-order valence-corrected chi connectivity index (χ4v) is 5.07. The maximum Gasteiger partial charge on any atom is 0.265 e. The van der Waals surface area contributed by atoms with Crippen LogP contribution >= 0.6 is 11.3 Å². The molecule has 1 aromatic heterocycles. The Morgan fingerprint density at radius 1 is 1.06 bits per heavy atom. The van der Waals surface area contributed by atoms with Gasteiger partial charge in [0.05, 0.1) is 12.0 Å². The molecule has 1 N–H and O–H groups in total. The van der Waals surface area contributed by atoms with E-state index in [1.54, 1.807) is 42.3 Å². The van der Waals surface area contributed by atoms with Crippen molar-refractivity contribution in [2.75, 3.05) is 7.11 Å². The first kappa shape index (κ1) is 24.0. The number of methoxy groups -OCH3 is 1. The van der Waals surface area contributed by atoms with Crippen molar-refractivity contribution in [3.8, 4) is 5.75 Å². The lowest BCUT2D eigenvalue weighted by molar-refractivity contribution is -0.127. The number of nitrogens with one attached hydrogen (secondary N) is 1. The van der Waals surface area contributed by atoms with E-state index in [4.69, 9.17) is 4.74 Å². The van der Waals surface area contributed by atoms with E-state index in [1.807, 2.05) is 23.6 Å². The molecule has 2 amide bonds. The normalized spacial score (nSPS) is 14.9. The molecule has 4 rings (SSSR count). The molecule has 1 heterocycles. The molecule has 0 radical (unpaired) electrons. The molecule has 5 nitrogen and oxygen atoms in total. The van der Waals surface area contributed by atoms with Crippen LogP contribution in [-0.4, -0.2) is 29.9 Å². The Kier molecular flexibility index (Phi) is 7.95. The zero-order valence-electron chi connectivity index (χ0n) is 19.2. The lowest BCUT2D eigenvalue weighted by atomic mass is 9.94. The van der Waals surface area contributed by atoms with Gasteiger partial charge in [-0.3, -0.25) is 9.59 Å². The van der Waals surface area contributed by atoms with E-state index < -0.39 is 6.04 Å². The summed E-state index contributed by atoms with van der Waals surface area (Å²) in [5.41, 5.74) is 1.44. The van der Waals surface area contributed by atoms with Crippen molar-refractivity contribution in [3.05, 3.63) is 87.9 Å². The van der Waals surface area contributed by atoms with Crippen LogP contribution in [0.3, 0.4) is 0 Å². The van der Waals surface area contributed by atoms with E-state index in [0.717, 1.165) is 31.2 Å². The third-order valence-corrected chi connectivity index (χ3v) is 7.06. The number of nitrogens with zero attached hydrogens (tertiary/aromatic N) is 1. The minimum Gasteiger partial charge on any atom is -0.497 e. The average molecular weight is 481 g/mol. The van der Waals surface area contributed by atoms with Gasteiger partial charge in [0.2, 0.25) is 5.91 Å². The van der Waals surface area contributed by atoms with Crippen molar-refractivity contribution in [1.29, 1.82) is 0 Å². The minimum absolute atomic E-state index is 0.103. The molecule has 1 unspecified atom stereocenters. The third kappa shape index (κ3) is 5.83. The van der Waals surface area contributed by atoms with Crippen LogP contribution in [0.2, 0.25) is 0 Å². The van der Waals surface area contributed by atoms with Crippen LogP contribution in [-0.2, 0) is 11.3 Å². The Balaban J connectivity index is 1.72. The first-order valence-corrected chi connectivity index (χ1v) is 12.5. The highest BCUT2D eigenvalue weighted by molar-refractivity contribution is 7.12. The van der Waals surface area contributed by atoms with Crippen LogP contribution in [0, 0.1) is 5.82 Å². The number of amides is 2. The largest absolute Gasteiger partial charge is 0.497 e.